The van der Waals surface area contributed by atoms with Crippen LogP contribution in [0.4, 0.5) is 18.9 Å². The predicted octanol–water partition coefficient (Wildman–Crippen LogP) is 3.76. The standard InChI is InChI=1S/C36H55F3N6O7/c1-33(2,3)50-30(47)23-43-14-12-42(22-29(46)41-28-11-10-26(21-40)20-27(28)36(37,38)39)13-15-44(24-31(48)51-34(4,5)6)17-19-45(18-16-43)25-32(49)52-35(7,8)9/h10-11,20H,12-19,22-25H2,1-9H3,(H,41,46). The number of esters is 3. The lowest BCUT2D eigenvalue weighted by atomic mass is 10.1. The van der Waals surface area contributed by atoms with E-state index in [4.69, 9.17) is 19.5 Å². The second kappa shape index (κ2) is 18.8. The van der Waals surface area contributed by atoms with Crippen LogP contribution in [0.15, 0.2) is 18.2 Å². The number of hydrogen-bond donors (Lipinski definition) is 1. The van der Waals surface area contributed by atoms with E-state index in [1.807, 2.05) is 14.7 Å². The molecule has 0 spiro atoms. The van der Waals surface area contributed by atoms with Crippen LogP contribution in [-0.2, 0) is 39.6 Å². The summed E-state index contributed by atoms with van der Waals surface area (Å²) in [6.45, 7) is 17.7. The van der Waals surface area contributed by atoms with Crippen molar-refractivity contribution in [1.82, 2.24) is 19.6 Å². The molecule has 0 aliphatic carbocycles. The summed E-state index contributed by atoms with van der Waals surface area (Å²) < 4.78 is 58.1. The Kier molecular flexibility index (Phi) is 16.1. The van der Waals surface area contributed by atoms with Crippen molar-refractivity contribution in [2.45, 2.75) is 85.3 Å². The fourth-order valence-corrected chi connectivity index (χ4v) is 5.23. The van der Waals surface area contributed by atoms with Crippen LogP contribution < -0.4 is 5.32 Å². The normalized spacial score (nSPS) is 16.9. The van der Waals surface area contributed by atoms with Gasteiger partial charge in [-0.1, -0.05) is 0 Å². The van der Waals surface area contributed by atoms with Crippen molar-refractivity contribution in [2.24, 2.45) is 0 Å². The lowest BCUT2D eigenvalue weighted by molar-refractivity contribution is -0.158. The summed E-state index contributed by atoms with van der Waals surface area (Å²) >= 11 is 0. The molecular weight excluding hydrogens is 685 g/mol. The average molecular weight is 741 g/mol. The van der Waals surface area contributed by atoms with E-state index in [-0.39, 0.29) is 57.9 Å². The monoisotopic (exact) mass is 740 g/mol. The Labute approximate surface area is 305 Å². The summed E-state index contributed by atoms with van der Waals surface area (Å²) in [6, 6.07) is 4.60. The molecule has 1 N–H and O–H groups in total. The third-order valence-electron chi connectivity index (χ3n) is 7.34. The van der Waals surface area contributed by atoms with Gasteiger partial charge in [0, 0.05) is 52.4 Å². The number of carbonyl (C=O) groups excluding carboxylic acids is 4. The molecule has 0 saturated carbocycles. The van der Waals surface area contributed by atoms with Gasteiger partial charge in [-0.05, 0) is 80.5 Å². The number of rotatable bonds is 9. The van der Waals surface area contributed by atoms with Crippen LogP contribution >= 0.6 is 0 Å². The van der Waals surface area contributed by atoms with E-state index in [1.54, 1.807) is 73.3 Å². The van der Waals surface area contributed by atoms with Crippen molar-refractivity contribution in [3.63, 3.8) is 0 Å². The molecule has 1 aromatic carbocycles. The minimum atomic E-state index is -4.81. The van der Waals surface area contributed by atoms with E-state index in [2.05, 4.69) is 5.32 Å². The van der Waals surface area contributed by atoms with E-state index in [0.29, 0.717) is 32.2 Å². The van der Waals surface area contributed by atoms with Crippen LogP contribution in [0.25, 0.3) is 0 Å². The third-order valence-corrected chi connectivity index (χ3v) is 7.34. The van der Waals surface area contributed by atoms with Gasteiger partial charge < -0.3 is 19.5 Å². The number of alkyl halides is 3. The molecule has 1 fully saturated rings. The van der Waals surface area contributed by atoms with Crippen molar-refractivity contribution >= 4 is 29.5 Å². The largest absolute Gasteiger partial charge is 0.459 e. The highest BCUT2D eigenvalue weighted by molar-refractivity contribution is 5.93. The number of ether oxygens (including phenoxy) is 3. The molecule has 1 heterocycles. The maximum absolute atomic E-state index is 13.8. The molecular formula is C36H55F3N6O7. The molecule has 1 aliphatic rings. The van der Waals surface area contributed by atoms with Gasteiger partial charge in [-0.15, -0.1) is 0 Å². The Bertz CT molecular complexity index is 1380. The van der Waals surface area contributed by atoms with Gasteiger partial charge in [0.2, 0.25) is 5.91 Å². The predicted molar refractivity (Wildman–Crippen MR) is 188 cm³/mol. The molecule has 13 nitrogen and oxygen atoms in total. The smallest absolute Gasteiger partial charge is 0.418 e. The lowest BCUT2D eigenvalue weighted by Crippen LogP contribution is -2.50. The van der Waals surface area contributed by atoms with Crippen LogP contribution in [0, 0.1) is 11.3 Å². The maximum atomic E-state index is 13.8. The van der Waals surface area contributed by atoms with Crippen LogP contribution in [0.5, 0.6) is 0 Å². The van der Waals surface area contributed by atoms with Crippen molar-refractivity contribution < 1.29 is 46.6 Å². The second-order valence-corrected chi connectivity index (χ2v) is 15.8. The van der Waals surface area contributed by atoms with E-state index >= 15 is 0 Å². The zero-order valence-corrected chi connectivity index (χ0v) is 31.9. The molecule has 1 saturated heterocycles. The molecule has 52 heavy (non-hydrogen) atoms. The fourth-order valence-electron chi connectivity index (χ4n) is 5.23. The van der Waals surface area contributed by atoms with Crippen LogP contribution in [0.3, 0.4) is 0 Å². The Morgan fingerprint density at radius 2 is 0.962 bits per heavy atom. The average Bonchev–Trinajstić information content (AvgIpc) is 2.95. The minimum absolute atomic E-state index is 0.0284. The van der Waals surface area contributed by atoms with Gasteiger partial charge in [-0.2, -0.15) is 18.4 Å². The van der Waals surface area contributed by atoms with Gasteiger partial charge >= 0.3 is 24.1 Å². The highest BCUT2D eigenvalue weighted by Crippen LogP contribution is 2.35. The number of hydrogen-bond acceptors (Lipinski definition) is 12. The van der Waals surface area contributed by atoms with Gasteiger partial charge in [0.05, 0.1) is 49.1 Å². The third kappa shape index (κ3) is 18.1. The van der Waals surface area contributed by atoms with Gasteiger partial charge in [0.15, 0.2) is 0 Å². The molecule has 0 unspecified atom stereocenters. The van der Waals surface area contributed by atoms with Gasteiger partial charge in [0.25, 0.3) is 0 Å². The van der Waals surface area contributed by atoms with E-state index in [0.717, 1.165) is 6.07 Å². The number of halogens is 3. The number of carbonyl (C=O) groups is 4. The molecule has 0 aromatic heterocycles. The van der Waals surface area contributed by atoms with Crippen molar-refractivity contribution in [3.8, 4) is 6.07 Å². The maximum Gasteiger partial charge on any atom is 0.418 e. The molecule has 0 radical (unpaired) electrons. The molecule has 1 amide bonds. The Balaban J connectivity index is 2.38. The Morgan fingerprint density at radius 3 is 1.25 bits per heavy atom. The molecule has 1 aromatic rings. The first-order valence-electron chi connectivity index (χ1n) is 17.3. The Hall–Kier alpha value is -3.78. The molecule has 16 heteroatoms. The highest BCUT2D eigenvalue weighted by Gasteiger charge is 2.34. The van der Waals surface area contributed by atoms with Gasteiger partial charge in [-0.3, -0.25) is 38.8 Å². The van der Waals surface area contributed by atoms with Crippen molar-refractivity contribution in [3.05, 3.63) is 29.3 Å². The van der Waals surface area contributed by atoms with Crippen LogP contribution in [0.1, 0.15) is 73.4 Å². The quantitative estimate of drug-likeness (QED) is 0.291. The highest BCUT2D eigenvalue weighted by atomic mass is 19.4. The molecule has 1 aliphatic heterocycles. The first-order valence-corrected chi connectivity index (χ1v) is 17.3. The fraction of sp³-hybridized carbons (Fsp3) is 0.694. The molecule has 2 rings (SSSR count). The molecule has 0 bridgehead atoms. The second-order valence-electron chi connectivity index (χ2n) is 15.8. The number of nitrogens with zero attached hydrogens (tertiary/aromatic N) is 5. The first kappa shape index (κ1) is 44.4. The van der Waals surface area contributed by atoms with Gasteiger partial charge in [-0.25, -0.2) is 0 Å². The van der Waals surface area contributed by atoms with Crippen LogP contribution in [-0.4, -0.2) is 139 Å². The summed E-state index contributed by atoms with van der Waals surface area (Å²) in [5.41, 5.74) is -3.97. The summed E-state index contributed by atoms with van der Waals surface area (Å²) in [6.07, 6.45) is -4.81. The minimum Gasteiger partial charge on any atom is -0.459 e. The number of anilines is 1. The zero-order chi connectivity index (χ0) is 39.5. The SMILES string of the molecule is CC(C)(C)OC(=O)CN1CCN(CC(=O)Nc2ccc(C#N)cc2C(F)(F)F)CCN(CC(=O)OC(C)(C)C)CCN(CC(=O)OC(C)(C)C)CC1. The lowest BCUT2D eigenvalue weighted by Gasteiger charge is -2.34. The summed E-state index contributed by atoms with van der Waals surface area (Å²) in [4.78, 5) is 59.2. The van der Waals surface area contributed by atoms with Crippen molar-refractivity contribution in [2.75, 3.05) is 83.9 Å². The summed E-state index contributed by atoms with van der Waals surface area (Å²) in [7, 11) is 0. The first-order chi connectivity index (χ1) is 23.8. The van der Waals surface area contributed by atoms with Crippen LogP contribution in [0.2, 0.25) is 0 Å². The van der Waals surface area contributed by atoms with E-state index in [1.165, 1.54) is 6.07 Å². The van der Waals surface area contributed by atoms with Gasteiger partial charge in [0.1, 0.15) is 16.8 Å². The zero-order valence-electron chi connectivity index (χ0n) is 31.9. The topological polar surface area (TPSA) is 145 Å². The summed E-state index contributed by atoms with van der Waals surface area (Å²) in [5.74, 6) is -2.08. The van der Waals surface area contributed by atoms with Crippen molar-refractivity contribution in [1.29, 1.82) is 5.26 Å². The summed E-state index contributed by atoms with van der Waals surface area (Å²) in [5, 5.41) is 11.4. The molecule has 292 valence electrons. The number of benzene rings is 1. The Morgan fingerprint density at radius 1 is 0.635 bits per heavy atom. The van der Waals surface area contributed by atoms with E-state index < -0.39 is 58.0 Å². The number of nitriles is 1. The molecule has 0 atom stereocenters. The van der Waals surface area contributed by atoms with E-state index in [9.17, 15) is 32.3 Å². The number of amides is 1. The number of nitrogens with one attached hydrogen (secondary N) is 1.